The minimum atomic E-state index is -4.07. The summed E-state index contributed by atoms with van der Waals surface area (Å²) in [5, 5.41) is 0. The molecule has 1 N–H and O–H groups in total. The maximum Gasteiger partial charge on any atom is 0.294 e. The SMILES string of the molecule is CCCCC(CC)Cc1ccc(S(=O)(=O)O)cc1. The van der Waals surface area contributed by atoms with Crippen molar-refractivity contribution in [2.24, 2.45) is 5.92 Å². The molecule has 3 nitrogen and oxygen atoms in total. The Morgan fingerprint density at radius 2 is 1.78 bits per heavy atom. The van der Waals surface area contributed by atoms with Crippen LogP contribution in [0.1, 0.15) is 45.1 Å². The summed E-state index contributed by atoms with van der Waals surface area (Å²) in [7, 11) is -4.07. The van der Waals surface area contributed by atoms with Gasteiger partial charge in [0.1, 0.15) is 0 Å². The van der Waals surface area contributed by atoms with Crippen LogP contribution < -0.4 is 0 Å². The molecule has 0 aliphatic heterocycles. The van der Waals surface area contributed by atoms with E-state index >= 15 is 0 Å². The number of benzene rings is 1. The molecule has 0 bridgehead atoms. The molecule has 0 saturated heterocycles. The van der Waals surface area contributed by atoms with Crippen molar-refractivity contribution in [3.05, 3.63) is 29.8 Å². The maximum absolute atomic E-state index is 10.9. The first-order chi connectivity index (χ1) is 8.47. The molecular weight excluding hydrogens is 248 g/mol. The van der Waals surface area contributed by atoms with E-state index in [4.69, 9.17) is 4.55 Å². The third-order valence-electron chi connectivity index (χ3n) is 3.29. The molecule has 0 fully saturated rings. The third-order valence-corrected chi connectivity index (χ3v) is 4.16. The predicted octanol–water partition coefficient (Wildman–Crippen LogP) is 3.69. The van der Waals surface area contributed by atoms with Crippen LogP contribution in [0.2, 0.25) is 0 Å². The van der Waals surface area contributed by atoms with E-state index in [-0.39, 0.29) is 4.90 Å². The van der Waals surface area contributed by atoms with Gasteiger partial charge < -0.3 is 0 Å². The van der Waals surface area contributed by atoms with Gasteiger partial charge in [0, 0.05) is 0 Å². The van der Waals surface area contributed by atoms with Gasteiger partial charge in [-0.2, -0.15) is 8.42 Å². The lowest BCUT2D eigenvalue weighted by Crippen LogP contribution is -2.04. The Labute approximate surface area is 110 Å². The quantitative estimate of drug-likeness (QED) is 0.769. The Morgan fingerprint density at radius 3 is 2.22 bits per heavy atom. The van der Waals surface area contributed by atoms with Crippen LogP contribution in [0.25, 0.3) is 0 Å². The predicted molar refractivity (Wildman–Crippen MR) is 73.3 cm³/mol. The number of unbranched alkanes of at least 4 members (excludes halogenated alkanes) is 1. The van der Waals surface area contributed by atoms with Crippen LogP contribution in [-0.2, 0) is 16.5 Å². The molecule has 18 heavy (non-hydrogen) atoms. The molecule has 1 aromatic rings. The smallest absolute Gasteiger partial charge is 0.282 e. The number of hydrogen-bond acceptors (Lipinski definition) is 2. The van der Waals surface area contributed by atoms with Crippen molar-refractivity contribution in [3.63, 3.8) is 0 Å². The molecule has 1 aromatic carbocycles. The molecule has 0 radical (unpaired) electrons. The minimum Gasteiger partial charge on any atom is -0.282 e. The molecule has 0 amide bonds. The highest BCUT2D eigenvalue weighted by molar-refractivity contribution is 7.85. The molecule has 1 unspecified atom stereocenters. The first kappa shape index (κ1) is 15.2. The summed E-state index contributed by atoms with van der Waals surface area (Å²) >= 11 is 0. The highest BCUT2D eigenvalue weighted by Crippen LogP contribution is 2.19. The van der Waals surface area contributed by atoms with Crippen LogP contribution in [0.5, 0.6) is 0 Å². The zero-order chi connectivity index (χ0) is 13.6. The van der Waals surface area contributed by atoms with Gasteiger partial charge in [0.15, 0.2) is 0 Å². The van der Waals surface area contributed by atoms with Gasteiger partial charge in [-0.25, -0.2) is 0 Å². The van der Waals surface area contributed by atoms with E-state index in [1.165, 1.54) is 31.4 Å². The second kappa shape index (κ2) is 6.90. The van der Waals surface area contributed by atoms with Crippen molar-refractivity contribution in [1.29, 1.82) is 0 Å². The Morgan fingerprint density at radius 1 is 1.17 bits per heavy atom. The second-order valence-electron chi connectivity index (χ2n) is 4.74. The first-order valence-electron chi connectivity index (χ1n) is 6.53. The summed E-state index contributed by atoms with van der Waals surface area (Å²) in [6.45, 7) is 4.38. The average molecular weight is 270 g/mol. The normalized spacial score (nSPS) is 13.5. The van der Waals surface area contributed by atoms with Crippen LogP contribution in [0.3, 0.4) is 0 Å². The molecule has 0 aliphatic carbocycles. The van der Waals surface area contributed by atoms with Crippen molar-refractivity contribution < 1.29 is 13.0 Å². The third kappa shape index (κ3) is 4.78. The fourth-order valence-corrected chi connectivity index (χ4v) is 2.55. The van der Waals surface area contributed by atoms with Crippen molar-refractivity contribution in [2.75, 3.05) is 0 Å². The summed E-state index contributed by atoms with van der Waals surface area (Å²) in [5.74, 6) is 0.654. The van der Waals surface area contributed by atoms with Gasteiger partial charge in [-0.05, 0) is 30.0 Å². The minimum absolute atomic E-state index is 0.0344. The fourth-order valence-electron chi connectivity index (χ4n) is 2.07. The molecule has 0 spiro atoms. The summed E-state index contributed by atoms with van der Waals surface area (Å²) in [5.41, 5.74) is 1.13. The van der Waals surface area contributed by atoms with Crippen LogP contribution in [0.15, 0.2) is 29.2 Å². The van der Waals surface area contributed by atoms with Gasteiger partial charge in [-0.1, -0.05) is 51.7 Å². The van der Waals surface area contributed by atoms with Crippen LogP contribution in [0, 0.1) is 5.92 Å². The monoisotopic (exact) mass is 270 g/mol. The van der Waals surface area contributed by atoms with Crippen molar-refractivity contribution in [1.82, 2.24) is 0 Å². The molecule has 4 heteroatoms. The Balaban J connectivity index is 2.68. The largest absolute Gasteiger partial charge is 0.294 e. The second-order valence-corrected chi connectivity index (χ2v) is 6.16. The van der Waals surface area contributed by atoms with Crippen molar-refractivity contribution in [2.45, 2.75) is 50.8 Å². The van der Waals surface area contributed by atoms with E-state index < -0.39 is 10.1 Å². The molecule has 1 atom stereocenters. The summed E-state index contributed by atoms with van der Waals surface area (Å²) < 4.78 is 30.7. The molecule has 0 saturated carbocycles. The molecule has 0 heterocycles. The average Bonchev–Trinajstić information content (AvgIpc) is 2.34. The van der Waals surface area contributed by atoms with Gasteiger partial charge in [0.2, 0.25) is 0 Å². The number of hydrogen-bond donors (Lipinski definition) is 1. The van der Waals surface area contributed by atoms with Gasteiger partial charge in [-0.15, -0.1) is 0 Å². The molecule has 0 aliphatic rings. The van der Waals surface area contributed by atoms with E-state index in [2.05, 4.69) is 13.8 Å². The first-order valence-corrected chi connectivity index (χ1v) is 7.97. The summed E-state index contributed by atoms with van der Waals surface area (Å²) in [6.07, 6.45) is 5.77. The lowest BCUT2D eigenvalue weighted by molar-refractivity contribution is 0.449. The highest BCUT2D eigenvalue weighted by atomic mass is 32.2. The standard InChI is InChI=1S/C14H22O3S/c1-3-5-6-12(4-2)11-13-7-9-14(10-8-13)18(15,16)17/h7-10,12H,3-6,11H2,1-2H3,(H,15,16,17). The highest BCUT2D eigenvalue weighted by Gasteiger charge is 2.10. The summed E-state index contributed by atoms with van der Waals surface area (Å²) in [4.78, 5) is -0.0344. The van der Waals surface area contributed by atoms with Crippen LogP contribution >= 0.6 is 0 Å². The maximum atomic E-state index is 10.9. The zero-order valence-corrected chi connectivity index (χ0v) is 11.9. The lowest BCUT2D eigenvalue weighted by Gasteiger charge is -2.14. The molecule has 1 rings (SSSR count). The Hall–Kier alpha value is -0.870. The number of rotatable bonds is 7. The topological polar surface area (TPSA) is 54.4 Å². The molecule has 0 aromatic heterocycles. The van der Waals surface area contributed by atoms with Crippen LogP contribution in [0.4, 0.5) is 0 Å². The molecular formula is C14H22O3S. The van der Waals surface area contributed by atoms with Gasteiger partial charge in [0.05, 0.1) is 4.90 Å². The van der Waals surface area contributed by atoms with Crippen LogP contribution in [-0.4, -0.2) is 13.0 Å². The lowest BCUT2D eigenvalue weighted by atomic mass is 9.92. The van der Waals surface area contributed by atoms with Gasteiger partial charge >= 0.3 is 0 Å². The zero-order valence-electron chi connectivity index (χ0n) is 11.1. The summed E-state index contributed by atoms with van der Waals surface area (Å²) in [6, 6.07) is 6.52. The van der Waals surface area contributed by atoms with E-state index in [9.17, 15) is 8.42 Å². The van der Waals surface area contributed by atoms with E-state index in [0.717, 1.165) is 18.4 Å². The fraction of sp³-hybridized carbons (Fsp3) is 0.571. The van der Waals surface area contributed by atoms with Crippen molar-refractivity contribution in [3.8, 4) is 0 Å². The molecule has 102 valence electrons. The van der Waals surface area contributed by atoms with E-state index in [1.54, 1.807) is 12.1 Å². The Bertz CT molecular complexity index is 448. The van der Waals surface area contributed by atoms with E-state index in [1.807, 2.05) is 0 Å². The van der Waals surface area contributed by atoms with E-state index in [0.29, 0.717) is 5.92 Å². The van der Waals surface area contributed by atoms with Crippen molar-refractivity contribution >= 4 is 10.1 Å². The Kier molecular flexibility index (Phi) is 5.82. The van der Waals surface area contributed by atoms with Gasteiger partial charge in [0.25, 0.3) is 10.1 Å². The van der Waals surface area contributed by atoms with Gasteiger partial charge in [-0.3, -0.25) is 4.55 Å².